The average molecular weight is 184 g/mol. The lowest BCUT2D eigenvalue weighted by atomic mass is 10.1. The SMILES string of the molecule is CCC(COC)N1CCCCC1=N. The molecule has 1 aliphatic heterocycles. The molecule has 0 amide bonds. The fourth-order valence-corrected chi connectivity index (χ4v) is 1.88. The Kier molecular flexibility index (Phi) is 4.22. The van der Waals surface area contributed by atoms with E-state index >= 15 is 0 Å². The summed E-state index contributed by atoms with van der Waals surface area (Å²) in [5.74, 6) is 0.801. The Morgan fingerprint density at radius 1 is 1.54 bits per heavy atom. The van der Waals surface area contributed by atoms with Crippen molar-refractivity contribution in [1.82, 2.24) is 4.90 Å². The number of methoxy groups -OCH3 is 1. The van der Waals surface area contributed by atoms with Crippen LogP contribution in [-0.4, -0.2) is 37.0 Å². The lowest BCUT2D eigenvalue weighted by molar-refractivity contribution is 0.119. The fraction of sp³-hybridized carbons (Fsp3) is 0.900. The summed E-state index contributed by atoms with van der Waals surface area (Å²) in [7, 11) is 1.73. The molecule has 1 aliphatic rings. The average Bonchev–Trinajstić information content (AvgIpc) is 2.16. The number of likely N-dealkylation sites (tertiary alicyclic amines) is 1. The zero-order chi connectivity index (χ0) is 9.68. The minimum absolute atomic E-state index is 0.415. The van der Waals surface area contributed by atoms with Crippen LogP contribution in [0.4, 0.5) is 0 Å². The minimum Gasteiger partial charge on any atom is -0.383 e. The third-order valence-corrected chi connectivity index (χ3v) is 2.68. The normalized spacial score (nSPS) is 20.5. The van der Waals surface area contributed by atoms with Gasteiger partial charge >= 0.3 is 0 Å². The Bertz CT molecular complexity index is 170. The summed E-state index contributed by atoms with van der Waals surface area (Å²) in [5.41, 5.74) is 0. The second kappa shape index (κ2) is 5.22. The van der Waals surface area contributed by atoms with Gasteiger partial charge in [0, 0.05) is 20.1 Å². The van der Waals surface area contributed by atoms with Crippen molar-refractivity contribution >= 4 is 5.84 Å². The van der Waals surface area contributed by atoms with Crippen molar-refractivity contribution < 1.29 is 4.74 Å². The summed E-state index contributed by atoms with van der Waals surface area (Å²) >= 11 is 0. The van der Waals surface area contributed by atoms with Crippen LogP contribution in [0, 0.1) is 5.41 Å². The molecule has 1 saturated heterocycles. The number of amidine groups is 1. The highest BCUT2D eigenvalue weighted by molar-refractivity contribution is 5.80. The van der Waals surface area contributed by atoms with Crippen LogP contribution in [0.2, 0.25) is 0 Å². The molecule has 1 fully saturated rings. The van der Waals surface area contributed by atoms with Gasteiger partial charge in [-0.3, -0.25) is 5.41 Å². The predicted octanol–water partition coefficient (Wildman–Crippen LogP) is 1.87. The van der Waals surface area contributed by atoms with Crippen LogP contribution in [0.1, 0.15) is 32.6 Å². The maximum atomic E-state index is 7.83. The van der Waals surface area contributed by atoms with E-state index < -0.39 is 0 Å². The Morgan fingerprint density at radius 2 is 2.31 bits per heavy atom. The van der Waals surface area contributed by atoms with Gasteiger partial charge in [-0.05, 0) is 19.3 Å². The maximum absolute atomic E-state index is 7.83. The standard InChI is InChI=1S/C10H20N2O/c1-3-9(8-13-2)12-7-5-4-6-10(12)11/h9,11H,3-8H2,1-2H3. The molecule has 1 unspecified atom stereocenters. The molecule has 0 radical (unpaired) electrons. The maximum Gasteiger partial charge on any atom is 0.0960 e. The fourth-order valence-electron chi connectivity index (χ4n) is 1.88. The molecule has 3 heteroatoms. The van der Waals surface area contributed by atoms with Gasteiger partial charge in [0.2, 0.25) is 0 Å². The number of nitrogens with zero attached hydrogens (tertiary/aromatic N) is 1. The van der Waals surface area contributed by atoms with Crippen LogP contribution in [0.15, 0.2) is 0 Å². The largest absolute Gasteiger partial charge is 0.383 e. The molecule has 1 rings (SSSR count). The first-order valence-electron chi connectivity index (χ1n) is 5.12. The molecule has 76 valence electrons. The van der Waals surface area contributed by atoms with Crippen molar-refractivity contribution in [3.05, 3.63) is 0 Å². The Hall–Kier alpha value is -0.570. The number of hydrogen-bond donors (Lipinski definition) is 1. The first kappa shape index (κ1) is 10.5. The van der Waals surface area contributed by atoms with Crippen LogP contribution in [0.5, 0.6) is 0 Å². The highest BCUT2D eigenvalue weighted by Crippen LogP contribution is 2.15. The summed E-state index contributed by atoms with van der Waals surface area (Å²) in [6.07, 6.45) is 4.41. The van der Waals surface area contributed by atoms with Crippen LogP contribution >= 0.6 is 0 Å². The molecular weight excluding hydrogens is 164 g/mol. The summed E-state index contributed by atoms with van der Waals surface area (Å²) < 4.78 is 5.16. The second-order valence-corrected chi connectivity index (χ2v) is 3.61. The van der Waals surface area contributed by atoms with Gasteiger partial charge in [-0.1, -0.05) is 6.92 Å². The number of rotatable bonds is 4. The molecule has 0 aromatic heterocycles. The van der Waals surface area contributed by atoms with E-state index in [1.54, 1.807) is 7.11 Å². The number of piperidine rings is 1. The van der Waals surface area contributed by atoms with Crippen molar-refractivity contribution in [2.45, 2.75) is 38.6 Å². The van der Waals surface area contributed by atoms with Crippen LogP contribution in [0.3, 0.4) is 0 Å². The third-order valence-electron chi connectivity index (χ3n) is 2.68. The van der Waals surface area contributed by atoms with Crippen molar-refractivity contribution in [2.24, 2.45) is 0 Å². The van der Waals surface area contributed by atoms with E-state index in [1.807, 2.05) is 0 Å². The highest BCUT2D eigenvalue weighted by Gasteiger charge is 2.21. The molecule has 0 saturated carbocycles. The quantitative estimate of drug-likeness (QED) is 0.724. The summed E-state index contributed by atoms with van der Waals surface area (Å²) in [6, 6.07) is 0.415. The van der Waals surface area contributed by atoms with E-state index in [0.717, 1.165) is 31.8 Å². The minimum atomic E-state index is 0.415. The summed E-state index contributed by atoms with van der Waals surface area (Å²) in [4.78, 5) is 2.20. The molecule has 0 bridgehead atoms. The lowest BCUT2D eigenvalue weighted by Crippen LogP contribution is -2.44. The van der Waals surface area contributed by atoms with Gasteiger partial charge in [0.15, 0.2) is 0 Å². The molecule has 0 spiro atoms. The molecule has 0 aromatic carbocycles. The van der Waals surface area contributed by atoms with Gasteiger partial charge in [-0.2, -0.15) is 0 Å². The van der Waals surface area contributed by atoms with Crippen molar-refractivity contribution in [2.75, 3.05) is 20.3 Å². The smallest absolute Gasteiger partial charge is 0.0960 e. The number of ether oxygens (including phenoxy) is 1. The van der Waals surface area contributed by atoms with Gasteiger partial charge < -0.3 is 9.64 Å². The number of nitrogens with one attached hydrogen (secondary N) is 1. The van der Waals surface area contributed by atoms with E-state index in [1.165, 1.54) is 12.8 Å². The van der Waals surface area contributed by atoms with Crippen LogP contribution < -0.4 is 0 Å². The second-order valence-electron chi connectivity index (χ2n) is 3.61. The van der Waals surface area contributed by atoms with Crippen LogP contribution in [-0.2, 0) is 4.74 Å². The molecule has 3 nitrogen and oxygen atoms in total. The number of hydrogen-bond acceptors (Lipinski definition) is 2. The highest BCUT2D eigenvalue weighted by atomic mass is 16.5. The molecule has 1 N–H and O–H groups in total. The van der Waals surface area contributed by atoms with Gasteiger partial charge in [-0.25, -0.2) is 0 Å². The monoisotopic (exact) mass is 184 g/mol. The van der Waals surface area contributed by atoms with E-state index in [-0.39, 0.29) is 0 Å². The molecular formula is C10H20N2O. The zero-order valence-corrected chi connectivity index (χ0v) is 8.68. The summed E-state index contributed by atoms with van der Waals surface area (Å²) in [5, 5.41) is 7.83. The third kappa shape index (κ3) is 2.69. The molecule has 0 aromatic rings. The van der Waals surface area contributed by atoms with Gasteiger partial charge in [0.05, 0.1) is 18.5 Å². The molecule has 1 heterocycles. The van der Waals surface area contributed by atoms with Gasteiger partial charge in [-0.15, -0.1) is 0 Å². The Morgan fingerprint density at radius 3 is 2.85 bits per heavy atom. The molecule has 0 aliphatic carbocycles. The van der Waals surface area contributed by atoms with Crippen LogP contribution in [0.25, 0.3) is 0 Å². The first-order valence-corrected chi connectivity index (χ1v) is 5.12. The van der Waals surface area contributed by atoms with Crippen molar-refractivity contribution in [3.63, 3.8) is 0 Å². The van der Waals surface area contributed by atoms with Gasteiger partial charge in [0.1, 0.15) is 0 Å². The van der Waals surface area contributed by atoms with Crippen molar-refractivity contribution in [3.8, 4) is 0 Å². The molecule has 1 atom stereocenters. The molecule has 13 heavy (non-hydrogen) atoms. The topological polar surface area (TPSA) is 36.3 Å². The van der Waals surface area contributed by atoms with E-state index in [9.17, 15) is 0 Å². The predicted molar refractivity (Wildman–Crippen MR) is 54.2 cm³/mol. The Balaban J connectivity index is 2.49. The Labute approximate surface area is 80.6 Å². The van der Waals surface area contributed by atoms with Gasteiger partial charge in [0.25, 0.3) is 0 Å². The summed E-state index contributed by atoms with van der Waals surface area (Å²) in [6.45, 7) is 3.95. The van der Waals surface area contributed by atoms with E-state index in [0.29, 0.717) is 6.04 Å². The first-order chi connectivity index (χ1) is 6.29. The van der Waals surface area contributed by atoms with Crippen molar-refractivity contribution in [1.29, 1.82) is 5.41 Å². The van der Waals surface area contributed by atoms with E-state index in [2.05, 4.69) is 11.8 Å². The zero-order valence-electron chi connectivity index (χ0n) is 8.68. The van der Waals surface area contributed by atoms with E-state index in [4.69, 9.17) is 10.1 Å². The lowest BCUT2D eigenvalue weighted by Gasteiger charge is -2.35.